The van der Waals surface area contributed by atoms with E-state index in [9.17, 15) is 8.78 Å². The molecule has 6 heteroatoms. The third kappa shape index (κ3) is 2.11. The minimum Gasteiger partial charge on any atom is -0.397 e. The third-order valence-corrected chi connectivity index (χ3v) is 2.69. The van der Waals surface area contributed by atoms with Gasteiger partial charge in [0.25, 0.3) is 0 Å². The van der Waals surface area contributed by atoms with Crippen molar-refractivity contribution in [2.24, 2.45) is 0 Å². The van der Waals surface area contributed by atoms with Gasteiger partial charge in [-0.05, 0) is 12.1 Å². The van der Waals surface area contributed by atoms with Crippen LogP contribution in [0.3, 0.4) is 0 Å². The number of anilines is 2. The van der Waals surface area contributed by atoms with Gasteiger partial charge in [0.15, 0.2) is 11.6 Å². The third-order valence-electron chi connectivity index (χ3n) is 2.06. The van der Waals surface area contributed by atoms with Crippen LogP contribution in [0.15, 0.2) is 23.0 Å². The summed E-state index contributed by atoms with van der Waals surface area (Å²) in [5.41, 5.74) is 8.12. The number of benzene rings is 1. The minimum absolute atomic E-state index is 0.0204. The fraction of sp³-hybridized carbons (Fsp3) is 0.100. The Balaban J connectivity index is 2.18. The summed E-state index contributed by atoms with van der Waals surface area (Å²) in [6.07, 6.45) is 0. The Morgan fingerprint density at radius 1 is 1.38 bits per heavy atom. The largest absolute Gasteiger partial charge is 0.397 e. The lowest BCUT2D eigenvalue weighted by Gasteiger charge is -2.09. The van der Waals surface area contributed by atoms with E-state index in [0.717, 1.165) is 11.8 Å². The molecule has 0 aliphatic heterocycles. The molecule has 0 amide bonds. The van der Waals surface area contributed by atoms with Crippen molar-refractivity contribution in [2.45, 2.75) is 6.54 Å². The lowest BCUT2D eigenvalue weighted by atomic mass is 10.2. The Bertz CT molecular complexity index is 485. The van der Waals surface area contributed by atoms with Gasteiger partial charge in [-0.3, -0.25) is 0 Å². The maximum Gasteiger partial charge on any atom is 0.183 e. The molecule has 0 bridgehead atoms. The number of aromatic nitrogens is 1. The van der Waals surface area contributed by atoms with Crippen LogP contribution in [0.2, 0.25) is 0 Å². The van der Waals surface area contributed by atoms with Gasteiger partial charge in [-0.2, -0.15) is 0 Å². The Hall–Kier alpha value is -1.69. The zero-order chi connectivity index (χ0) is 11.5. The topological polar surface area (TPSA) is 50.9 Å². The highest BCUT2D eigenvalue weighted by Gasteiger charge is 2.11. The lowest BCUT2D eigenvalue weighted by Crippen LogP contribution is -2.06. The molecule has 0 radical (unpaired) electrons. The summed E-state index contributed by atoms with van der Waals surface area (Å²) in [4.78, 5) is 4.01. The number of nitrogens with one attached hydrogen (secondary N) is 1. The molecule has 2 rings (SSSR count). The monoisotopic (exact) mass is 241 g/mol. The molecule has 1 aromatic heterocycles. The first-order valence-corrected chi connectivity index (χ1v) is 5.47. The molecule has 0 aliphatic rings. The van der Waals surface area contributed by atoms with Crippen LogP contribution in [0.1, 0.15) is 5.69 Å². The van der Waals surface area contributed by atoms with Crippen LogP contribution in [-0.2, 0) is 6.54 Å². The van der Waals surface area contributed by atoms with E-state index in [1.165, 1.54) is 17.4 Å². The van der Waals surface area contributed by atoms with Crippen LogP contribution in [0.4, 0.5) is 20.2 Å². The highest BCUT2D eigenvalue weighted by molar-refractivity contribution is 7.07. The number of thiazole rings is 1. The second kappa shape index (κ2) is 4.44. The van der Waals surface area contributed by atoms with Crippen LogP contribution < -0.4 is 11.1 Å². The fourth-order valence-electron chi connectivity index (χ4n) is 1.25. The summed E-state index contributed by atoms with van der Waals surface area (Å²) in [5, 5.41) is 4.55. The molecule has 0 aliphatic carbocycles. The first-order chi connectivity index (χ1) is 7.68. The number of hydrogen-bond acceptors (Lipinski definition) is 4. The highest BCUT2D eigenvalue weighted by Crippen LogP contribution is 2.24. The average Bonchev–Trinajstić information content (AvgIpc) is 2.77. The molecular formula is C10H9F2N3S. The van der Waals surface area contributed by atoms with Crippen molar-refractivity contribution in [2.75, 3.05) is 11.1 Å². The van der Waals surface area contributed by atoms with Gasteiger partial charge in [0.1, 0.15) is 0 Å². The first kappa shape index (κ1) is 10.8. The van der Waals surface area contributed by atoms with Crippen LogP contribution in [0.5, 0.6) is 0 Å². The Kier molecular flexibility index (Phi) is 3.00. The summed E-state index contributed by atoms with van der Waals surface area (Å²) in [6.45, 7) is 0.314. The molecule has 16 heavy (non-hydrogen) atoms. The van der Waals surface area contributed by atoms with Crippen molar-refractivity contribution in [3.63, 3.8) is 0 Å². The van der Waals surface area contributed by atoms with Gasteiger partial charge in [0, 0.05) is 5.38 Å². The number of nitrogens with two attached hydrogens (primary N) is 1. The fourth-order valence-corrected chi connectivity index (χ4v) is 1.81. The molecule has 0 unspecified atom stereocenters. The summed E-state index contributed by atoms with van der Waals surface area (Å²) < 4.78 is 26.3. The maximum atomic E-state index is 13.4. The van der Waals surface area contributed by atoms with Gasteiger partial charge in [-0.1, -0.05) is 0 Å². The molecule has 3 nitrogen and oxygen atoms in total. The molecule has 0 atom stereocenters. The van der Waals surface area contributed by atoms with Crippen LogP contribution >= 0.6 is 11.3 Å². The van der Waals surface area contributed by atoms with Crippen molar-refractivity contribution < 1.29 is 8.78 Å². The minimum atomic E-state index is -0.963. The van der Waals surface area contributed by atoms with Gasteiger partial charge >= 0.3 is 0 Å². The number of nitrogen functional groups attached to an aromatic ring is 1. The zero-order valence-electron chi connectivity index (χ0n) is 8.21. The normalized spacial score (nSPS) is 10.4. The Labute approximate surface area is 94.9 Å². The average molecular weight is 241 g/mol. The van der Waals surface area contributed by atoms with E-state index < -0.39 is 11.6 Å². The summed E-state index contributed by atoms with van der Waals surface area (Å²) >= 11 is 1.44. The smallest absolute Gasteiger partial charge is 0.183 e. The van der Waals surface area contributed by atoms with Crippen LogP contribution in [0, 0.1) is 11.6 Å². The second-order valence-corrected chi connectivity index (χ2v) is 3.88. The van der Waals surface area contributed by atoms with E-state index in [0.29, 0.717) is 6.54 Å². The highest BCUT2D eigenvalue weighted by atomic mass is 32.1. The van der Waals surface area contributed by atoms with Crippen LogP contribution in [0.25, 0.3) is 0 Å². The number of nitrogens with zero attached hydrogens (tertiary/aromatic N) is 1. The Morgan fingerprint density at radius 3 is 2.88 bits per heavy atom. The summed E-state index contributed by atoms with van der Waals surface area (Å²) in [6, 6.07) is 2.32. The van der Waals surface area contributed by atoms with E-state index in [-0.39, 0.29) is 11.4 Å². The molecule has 0 saturated carbocycles. The molecule has 3 N–H and O–H groups in total. The molecule has 0 spiro atoms. The van der Waals surface area contributed by atoms with Crippen LogP contribution in [-0.4, -0.2) is 4.98 Å². The second-order valence-electron chi connectivity index (χ2n) is 3.16. The predicted octanol–water partition coefficient (Wildman–Crippen LogP) is 2.62. The van der Waals surface area contributed by atoms with Crippen molar-refractivity contribution in [3.05, 3.63) is 40.4 Å². The van der Waals surface area contributed by atoms with E-state index in [1.54, 1.807) is 5.51 Å². The standard InChI is InChI=1S/C10H9F2N3S/c11-7-1-2-8(13)10(9(7)12)14-3-6-4-16-5-15-6/h1-2,4-5,14H,3,13H2. The predicted molar refractivity (Wildman–Crippen MR) is 60.2 cm³/mol. The lowest BCUT2D eigenvalue weighted by molar-refractivity contribution is 0.511. The quantitative estimate of drug-likeness (QED) is 0.812. The van der Waals surface area contributed by atoms with Crippen molar-refractivity contribution in [3.8, 4) is 0 Å². The van der Waals surface area contributed by atoms with E-state index in [4.69, 9.17) is 5.73 Å². The van der Waals surface area contributed by atoms with Crippen molar-refractivity contribution in [1.82, 2.24) is 4.98 Å². The van der Waals surface area contributed by atoms with Gasteiger partial charge in [0.2, 0.25) is 0 Å². The molecule has 1 heterocycles. The van der Waals surface area contributed by atoms with Gasteiger partial charge < -0.3 is 11.1 Å². The summed E-state index contributed by atoms with van der Waals surface area (Å²) in [5.74, 6) is -1.88. The van der Waals surface area contributed by atoms with Crippen molar-refractivity contribution >= 4 is 22.7 Å². The molecule has 0 saturated heterocycles. The van der Waals surface area contributed by atoms with Gasteiger partial charge in [-0.15, -0.1) is 11.3 Å². The SMILES string of the molecule is Nc1ccc(F)c(F)c1NCc1cscn1. The van der Waals surface area contributed by atoms with E-state index in [1.807, 2.05) is 5.38 Å². The molecule has 1 aromatic carbocycles. The number of halogens is 2. The summed E-state index contributed by atoms with van der Waals surface area (Å²) in [7, 11) is 0. The molecule has 84 valence electrons. The van der Waals surface area contributed by atoms with E-state index >= 15 is 0 Å². The van der Waals surface area contributed by atoms with E-state index in [2.05, 4.69) is 10.3 Å². The van der Waals surface area contributed by atoms with Gasteiger partial charge in [-0.25, -0.2) is 13.8 Å². The first-order valence-electron chi connectivity index (χ1n) is 4.53. The van der Waals surface area contributed by atoms with Gasteiger partial charge in [0.05, 0.1) is 29.1 Å². The Morgan fingerprint density at radius 2 is 2.19 bits per heavy atom. The number of hydrogen-bond donors (Lipinski definition) is 2. The molecular weight excluding hydrogens is 232 g/mol. The zero-order valence-corrected chi connectivity index (χ0v) is 9.02. The molecule has 2 aromatic rings. The maximum absolute atomic E-state index is 13.4. The number of rotatable bonds is 3. The van der Waals surface area contributed by atoms with Crippen molar-refractivity contribution in [1.29, 1.82) is 0 Å². The molecule has 0 fully saturated rings.